The number of amides is 1. The molecule has 2 aromatic carbocycles. The van der Waals surface area contributed by atoms with Crippen LogP contribution in [0.25, 0.3) is 10.2 Å². The van der Waals surface area contributed by atoms with Crippen LogP contribution in [0.5, 0.6) is 0 Å². The molecule has 1 N–H and O–H groups in total. The second-order valence-electron chi connectivity index (χ2n) is 4.98. The van der Waals surface area contributed by atoms with Gasteiger partial charge in [0.2, 0.25) is 5.91 Å². The molecule has 0 aliphatic heterocycles. The fourth-order valence-corrected chi connectivity index (χ4v) is 3.42. The molecule has 112 valence electrons. The van der Waals surface area contributed by atoms with E-state index >= 15 is 0 Å². The van der Waals surface area contributed by atoms with Gasteiger partial charge in [-0.2, -0.15) is 0 Å². The summed E-state index contributed by atoms with van der Waals surface area (Å²) in [5.74, 6) is 0.0448. The maximum Gasteiger partial charge on any atom is 0.224 e. The molecule has 0 aliphatic carbocycles. The number of nitrogens with zero attached hydrogens (tertiary/aromatic N) is 1. The van der Waals surface area contributed by atoms with Crippen molar-refractivity contribution >= 4 is 43.4 Å². The van der Waals surface area contributed by atoms with E-state index < -0.39 is 0 Å². The highest BCUT2D eigenvalue weighted by Crippen LogP contribution is 2.21. The van der Waals surface area contributed by atoms with Gasteiger partial charge >= 0.3 is 0 Å². The van der Waals surface area contributed by atoms with Crippen LogP contribution < -0.4 is 5.32 Å². The van der Waals surface area contributed by atoms with Crippen molar-refractivity contribution in [1.29, 1.82) is 0 Å². The van der Waals surface area contributed by atoms with Crippen LogP contribution in [-0.2, 0) is 17.6 Å². The third-order valence-corrected chi connectivity index (χ3v) is 4.90. The molecule has 0 bridgehead atoms. The Morgan fingerprint density at radius 1 is 1.14 bits per heavy atom. The van der Waals surface area contributed by atoms with Gasteiger partial charge in [-0.1, -0.05) is 40.2 Å². The highest BCUT2D eigenvalue weighted by Gasteiger charge is 2.05. The zero-order valence-corrected chi connectivity index (χ0v) is 14.3. The number of aromatic nitrogens is 1. The third kappa shape index (κ3) is 3.93. The Kier molecular flexibility index (Phi) is 4.85. The molecule has 0 radical (unpaired) electrons. The Morgan fingerprint density at radius 2 is 1.91 bits per heavy atom. The van der Waals surface area contributed by atoms with E-state index in [0.717, 1.165) is 27.0 Å². The predicted molar refractivity (Wildman–Crippen MR) is 94.2 cm³/mol. The van der Waals surface area contributed by atoms with E-state index in [0.29, 0.717) is 13.0 Å². The average Bonchev–Trinajstić information content (AvgIpc) is 2.92. The Balaban J connectivity index is 1.49. The van der Waals surface area contributed by atoms with E-state index in [2.05, 4.69) is 32.3 Å². The van der Waals surface area contributed by atoms with Crippen molar-refractivity contribution in [2.45, 2.75) is 12.8 Å². The molecule has 3 nitrogen and oxygen atoms in total. The maximum absolute atomic E-state index is 11.9. The van der Waals surface area contributed by atoms with Gasteiger partial charge in [0.25, 0.3) is 0 Å². The lowest BCUT2D eigenvalue weighted by molar-refractivity contribution is -0.120. The zero-order valence-electron chi connectivity index (χ0n) is 11.9. The topological polar surface area (TPSA) is 42.0 Å². The molecule has 0 atom stereocenters. The van der Waals surface area contributed by atoms with Crippen LogP contribution in [0.2, 0.25) is 0 Å². The highest BCUT2D eigenvalue weighted by atomic mass is 79.9. The van der Waals surface area contributed by atoms with Crippen molar-refractivity contribution in [3.8, 4) is 0 Å². The summed E-state index contributed by atoms with van der Waals surface area (Å²) in [5, 5.41) is 4.01. The number of benzene rings is 2. The lowest BCUT2D eigenvalue weighted by Crippen LogP contribution is -2.27. The minimum atomic E-state index is 0.0448. The Morgan fingerprint density at radius 3 is 2.68 bits per heavy atom. The summed E-state index contributed by atoms with van der Waals surface area (Å²) >= 11 is 5.07. The molecule has 1 amide bonds. The summed E-state index contributed by atoms with van der Waals surface area (Å²) in [6, 6.07) is 15.9. The molecular formula is C17H15BrN2OS. The van der Waals surface area contributed by atoms with Crippen molar-refractivity contribution in [1.82, 2.24) is 10.3 Å². The number of hydrogen-bond acceptors (Lipinski definition) is 3. The smallest absolute Gasteiger partial charge is 0.224 e. The van der Waals surface area contributed by atoms with Crippen molar-refractivity contribution in [3.63, 3.8) is 0 Å². The van der Waals surface area contributed by atoms with Gasteiger partial charge in [-0.05, 0) is 29.8 Å². The summed E-state index contributed by atoms with van der Waals surface area (Å²) in [6.07, 6.45) is 1.18. The number of thiazole rings is 1. The van der Waals surface area contributed by atoms with Crippen LogP contribution in [0.15, 0.2) is 53.0 Å². The van der Waals surface area contributed by atoms with Crippen molar-refractivity contribution in [2.24, 2.45) is 0 Å². The lowest BCUT2D eigenvalue weighted by atomic mass is 10.1. The van der Waals surface area contributed by atoms with Gasteiger partial charge in [-0.25, -0.2) is 4.98 Å². The minimum absolute atomic E-state index is 0.0448. The second-order valence-corrected chi connectivity index (χ2v) is 7.01. The van der Waals surface area contributed by atoms with Crippen LogP contribution in [-0.4, -0.2) is 17.4 Å². The van der Waals surface area contributed by atoms with E-state index in [4.69, 9.17) is 0 Å². The standard InChI is InChI=1S/C17H15BrN2OS/c18-13-7-5-12(6-8-13)11-16(21)19-10-9-17-20-14-3-1-2-4-15(14)22-17/h1-8H,9-11H2,(H,19,21). The first kappa shape index (κ1) is 15.2. The number of fused-ring (bicyclic) bond motifs is 1. The largest absolute Gasteiger partial charge is 0.355 e. The number of hydrogen-bond donors (Lipinski definition) is 1. The first-order chi connectivity index (χ1) is 10.7. The molecule has 3 rings (SSSR count). The van der Waals surface area contributed by atoms with Crippen molar-refractivity contribution in [2.75, 3.05) is 6.54 Å². The van der Waals surface area contributed by atoms with Crippen LogP contribution in [0.4, 0.5) is 0 Å². The molecule has 0 fully saturated rings. The normalized spacial score (nSPS) is 10.8. The van der Waals surface area contributed by atoms with Gasteiger partial charge < -0.3 is 5.32 Å². The monoisotopic (exact) mass is 374 g/mol. The van der Waals surface area contributed by atoms with Crippen LogP contribution in [0.1, 0.15) is 10.6 Å². The molecule has 0 aliphatic rings. The number of carbonyl (C=O) groups is 1. The summed E-state index contributed by atoms with van der Waals surface area (Å²) in [5.41, 5.74) is 2.05. The van der Waals surface area contributed by atoms with E-state index in [1.807, 2.05) is 42.5 Å². The number of nitrogens with one attached hydrogen (secondary N) is 1. The van der Waals surface area contributed by atoms with Gasteiger partial charge in [0.15, 0.2) is 0 Å². The molecule has 0 saturated carbocycles. The van der Waals surface area contributed by atoms with Gasteiger partial charge in [-0.3, -0.25) is 4.79 Å². The molecule has 5 heteroatoms. The van der Waals surface area contributed by atoms with Crippen LogP contribution in [0, 0.1) is 0 Å². The summed E-state index contributed by atoms with van der Waals surface area (Å²) in [7, 11) is 0. The van der Waals surface area contributed by atoms with E-state index in [1.54, 1.807) is 11.3 Å². The molecule has 3 aromatic rings. The third-order valence-electron chi connectivity index (χ3n) is 3.28. The number of halogens is 1. The second kappa shape index (κ2) is 7.03. The van der Waals surface area contributed by atoms with Crippen LogP contribution >= 0.6 is 27.3 Å². The Labute approximate surface area is 141 Å². The summed E-state index contributed by atoms with van der Waals surface area (Å²) in [6.45, 7) is 0.620. The van der Waals surface area contributed by atoms with E-state index in [1.165, 1.54) is 4.70 Å². The molecule has 22 heavy (non-hydrogen) atoms. The Bertz CT molecular complexity index is 750. The molecule has 1 aromatic heterocycles. The molecule has 0 saturated heterocycles. The highest BCUT2D eigenvalue weighted by molar-refractivity contribution is 9.10. The van der Waals surface area contributed by atoms with E-state index in [-0.39, 0.29) is 5.91 Å². The average molecular weight is 375 g/mol. The minimum Gasteiger partial charge on any atom is -0.355 e. The van der Waals surface area contributed by atoms with Gasteiger partial charge in [0.1, 0.15) is 0 Å². The number of carbonyl (C=O) groups excluding carboxylic acids is 1. The fourth-order valence-electron chi connectivity index (χ4n) is 2.19. The Hall–Kier alpha value is -1.72. The SMILES string of the molecule is O=C(Cc1ccc(Br)cc1)NCCc1nc2ccccc2s1. The lowest BCUT2D eigenvalue weighted by Gasteiger charge is -2.04. The van der Waals surface area contributed by atoms with Crippen molar-refractivity contribution < 1.29 is 4.79 Å². The first-order valence-corrected chi connectivity index (χ1v) is 8.67. The summed E-state index contributed by atoms with van der Waals surface area (Å²) < 4.78 is 2.21. The molecule has 1 heterocycles. The summed E-state index contributed by atoms with van der Waals surface area (Å²) in [4.78, 5) is 16.5. The predicted octanol–water partition coefficient (Wildman–Crippen LogP) is 3.96. The number of para-hydroxylation sites is 1. The van der Waals surface area contributed by atoms with Gasteiger partial charge in [0.05, 0.1) is 21.6 Å². The molecule has 0 spiro atoms. The molecule has 0 unspecified atom stereocenters. The van der Waals surface area contributed by atoms with E-state index in [9.17, 15) is 4.79 Å². The molecular weight excluding hydrogens is 360 g/mol. The zero-order chi connectivity index (χ0) is 15.4. The van der Waals surface area contributed by atoms with Crippen LogP contribution in [0.3, 0.4) is 0 Å². The quantitative estimate of drug-likeness (QED) is 0.734. The fraction of sp³-hybridized carbons (Fsp3) is 0.176. The van der Waals surface area contributed by atoms with Crippen molar-refractivity contribution in [3.05, 3.63) is 63.6 Å². The number of rotatable bonds is 5. The van der Waals surface area contributed by atoms with Gasteiger partial charge in [0, 0.05) is 17.4 Å². The van der Waals surface area contributed by atoms with Gasteiger partial charge in [-0.15, -0.1) is 11.3 Å². The first-order valence-electron chi connectivity index (χ1n) is 7.06. The maximum atomic E-state index is 11.9.